The van der Waals surface area contributed by atoms with Gasteiger partial charge in [-0.1, -0.05) is 0 Å². The molecule has 1 aromatic carbocycles. The molecule has 0 saturated carbocycles. The fraction of sp³-hybridized carbons (Fsp3) is 0. The molecule has 10 heteroatoms. The molecule has 0 amide bonds. The van der Waals surface area contributed by atoms with Crippen LogP contribution in [0.5, 0.6) is 0 Å². The number of halogens is 1. The first-order valence-corrected chi connectivity index (χ1v) is 6.33. The van der Waals surface area contributed by atoms with E-state index in [1.54, 1.807) is 0 Å². The Bertz CT molecular complexity index is 714. The van der Waals surface area contributed by atoms with Crippen molar-refractivity contribution in [3.05, 3.63) is 46.7 Å². The minimum atomic E-state index is -3.94. The van der Waals surface area contributed by atoms with Gasteiger partial charge in [-0.15, -0.1) is 0 Å². The minimum Gasteiger partial charge on any atom is -0.334 e. The monoisotopic (exact) mass is 286 g/mol. The van der Waals surface area contributed by atoms with E-state index < -0.39 is 26.5 Å². The molecular formula is C9H7FN4O4S. The number of aromatic nitrogens is 2. The van der Waals surface area contributed by atoms with Gasteiger partial charge in [0.05, 0.1) is 23.1 Å². The number of hydrogen-bond acceptors (Lipinski definition) is 5. The zero-order valence-corrected chi connectivity index (χ0v) is 10.0. The van der Waals surface area contributed by atoms with Crippen molar-refractivity contribution < 1.29 is 17.7 Å². The number of hydrogen-bond donors (Lipinski definition) is 2. The molecule has 0 saturated heterocycles. The van der Waals surface area contributed by atoms with Crippen LogP contribution >= 0.6 is 0 Å². The first kappa shape index (κ1) is 13.0. The van der Waals surface area contributed by atoms with Gasteiger partial charge in [-0.3, -0.25) is 14.8 Å². The van der Waals surface area contributed by atoms with Gasteiger partial charge in [0.25, 0.3) is 10.0 Å². The lowest BCUT2D eigenvalue weighted by molar-refractivity contribution is -0.387. The Morgan fingerprint density at radius 1 is 1.42 bits per heavy atom. The summed E-state index contributed by atoms with van der Waals surface area (Å²) in [4.78, 5) is 15.5. The zero-order chi connectivity index (χ0) is 14.0. The Morgan fingerprint density at radius 3 is 2.74 bits per heavy atom. The van der Waals surface area contributed by atoms with Crippen LogP contribution in [0.25, 0.3) is 0 Å². The highest BCUT2D eigenvalue weighted by Gasteiger charge is 2.19. The molecule has 100 valence electrons. The zero-order valence-electron chi connectivity index (χ0n) is 9.20. The summed E-state index contributed by atoms with van der Waals surface area (Å²) in [5.41, 5.74) is -0.937. The molecule has 0 aliphatic carbocycles. The van der Waals surface area contributed by atoms with Crippen molar-refractivity contribution in [1.82, 2.24) is 9.97 Å². The molecule has 1 aromatic heterocycles. The Labute approximate surface area is 106 Å². The van der Waals surface area contributed by atoms with Crippen molar-refractivity contribution in [3.63, 3.8) is 0 Å². The van der Waals surface area contributed by atoms with Crippen LogP contribution in [0.1, 0.15) is 0 Å². The highest BCUT2D eigenvalue weighted by molar-refractivity contribution is 7.92. The number of nitro groups is 1. The van der Waals surface area contributed by atoms with E-state index in [0.29, 0.717) is 0 Å². The van der Waals surface area contributed by atoms with Gasteiger partial charge in [-0.05, 0) is 12.1 Å². The van der Waals surface area contributed by atoms with Gasteiger partial charge < -0.3 is 4.98 Å². The van der Waals surface area contributed by atoms with Gasteiger partial charge in [0.2, 0.25) is 5.82 Å². The molecule has 1 heterocycles. The summed E-state index contributed by atoms with van der Waals surface area (Å²) >= 11 is 0. The van der Waals surface area contributed by atoms with E-state index in [2.05, 4.69) is 14.7 Å². The van der Waals surface area contributed by atoms with E-state index in [0.717, 1.165) is 24.4 Å². The molecule has 0 aliphatic heterocycles. The Kier molecular flexibility index (Phi) is 3.17. The summed E-state index contributed by atoms with van der Waals surface area (Å²) in [6, 6.07) is 2.68. The quantitative estimate of drug-likeness (QED) is 0.648. The highest BCUT2D eigenvalue weighted by atomic mass is 32.2. The molecule has 0 bridgehead atoms. The van der Waals surface area contributed by atoms with Crippen molar-refractivity contribution in [3.8, 4) is 0 Å². The SMILES string of the molecule is O=[N+]([O-])c1cc(NS(=O)(=O)c2cnc[nH]2)ccc1F. The summed E-state index contributed by atoms with van der Waals surface area (Å²) in [5, 5.41) is 10.3. The normalized spacial score (nSPS) is 11.2. The fourth-order valence-corrected chi connectivity index (χ4v) is 2.27. The number of sulfonamides is 1. The molecule has 0 spiro atoms. The van der Waals surface area contributed by atoms with Crippen molar-refractivity contribution in [2.75, 3.05) is 4.72 Å². The second-order valence-electron chi connectivity index (χ2n) is 3.44. The maximum atomic E-state index is 13.1. The first-order valence-electron chi connectivity index (χ1n) is 4.85. The van der Waals surface area contributed by atoms with Gasteiger partial charge in [-0.2, -0.15) is 12.8 Å². The van der Waals surface area contributed by atoms with Gasteiger partial charge >= 0.3 is 5.69 Å². The molecule has 2 aromatic rings. The third-order valence-electron chi connectivity index (χ3n) is 2.16. The first-order chi connectivity index (χ1) is 8.90. The summed E-state index contributed by atoms with van der Waals surface area (Å²) in [5.74, 6) is -1.05. The Balaban J connectivity index is 2.35. The summed E-state index contributed by atoms with van der Waals surface area (Å²) < 4.78 is 38.7. The van der Waals surface area contributed by atoms with E-state index in [1.165, 1.54) is 6.33 Å². The molecular weight excluding hydrogens is 279 g/mol. The third-order valence-corrected chi connectivity index (χ3v) is 3.46. The van der Waals surface area contributed by atoms with Gasteiger partial charge in [-0.25, -0.2) is 4.98 Å². The lowest BCUT2D eigenvalue weighted by Crippen LogP contribution is -2.13. The molecule has 19 heavy (non-hydrogen) atoms. The van der Waals surface area contributed by atoms with Crippen LogP contribution in [0.2, 0.25) is 0 Å². The molecule has 0 unspecified atom stereocenters. The van der Waals surface area contributed by atoms with Gasteiger partial charge in [0, 0.05) is 6.07 Å². The van der Waals surface area contributed by atoms with E-state index in [9.17, 15) is 22.9 Å². The van der Waals surface area contributed by atoms with Crippen molar-refractivity contribution in [2.45, 2.75) is 5.03 Å². The maximum absolute atomic E-state index is 13.1. The molecule has 8 nitrogen and oxygen atoms in total. The highest BCUT2D eigenvalue weighted by Crippen LogP contribution is 2.23. The predicted octanol–water partition coefficient (Wildman–Crippen LogP) is 1.26. The second-order valence-corrected chi connectivity index (χ2v) is 5.10. The minimum absolute atomic E-state index is 0.122. The maximum Gasteiger partial charge on any atom is 0.306 e. The Morgan fingerprint density at radius 2 is 2.16 bits per heavy atom. The lowest BCUT2D eigenvalue weighted by Gasteiger charge is -2.05. The summed E-state index contributed by atoms with van der Waals surface area (Å²) in [6.07, 6.45) is 2.24. The van der Waals surface area contributed by atoms with Crippen molar-refractivity contribution in [1.29, 1.82) is 0 Å². The number of nitrogens with zero attached hydrogens (tertiary/aromatic N) is 2. The van der Waals surface area contributed by atoms with Crippen LogP contribution in [0.4, 0.5) is 15.8 Å². The largest absolute Gasteiger partial charge is 0.334 e. The van der Waals surface area contributed by atoms with E-state index in [4.69, 9.17) is 0 Å². The van der Waals surface area contributed by atoms with Crippen molar-refractivity contribution >= 4 is 21.4 Å². The average Bonchev–Trinajstić information content (AvgIpc) is 2.85. The fourth-order valence-electron chi connectivity index (χ4n) is 1.32. The third kappa shape index (κ3) is 2.68. The number of anilines is 1. The summed E-state index contributed by atoms with van der Waals surface area (Å²) in [7, 11) is -3.94. The topological polar surface area (TPSA) is 118 Å². The number of benzene rings is 1. The molecule has 0 radical (unpaired) electrons. The van der Waals surface area contributed by atoms with Crippen LogP contribution in [0.15, 0.2) is 35.7 Å². The van der Waals surface area contributed by atoms with Gasteiger partial charge in [0.15, 0.2) is 5.03 Å². The van der Waals surface area contributed by atoms with E-state index >= 15 is 0 Å². The van der Waals surface area contributed by atoms with Crippen LogP contribution in [-0.2, 0) is 10.0 Å². The van der Waals surface area contributed by atoms with Crippen LogP contribution in [0, 0.1) is 15.9 Å². The smallest absolute Gasteiger partial charge is 0.306 e. The van der Waals surface area contributed by atoms with Crippen molar-refractivity contribution in [2.24, 2.45) is 0 Å². The number of H-pyrrole nitrogens is 1. The number of aromatic amines is 1. The lowest BCUT2D eigenvalue weighted by atomic mass is 10.3. The second kappa shape index (κ2) is 4.65. The molecule has 0 fully saturated rings. The number of nitrogens with one attached hydrogen (secondary N) is 2. The molecule has 2 rings (SSSR count). The van der Waals surface area contributed by atoms with Crippen LogP contribution in [0.3, 0.4) is 0 Å². The van der Waals surface area contributed by atoms with E-state index in [1.807, 2.05) is 0 Å². The number of imidazole rings is 1. The summed E-state index contributed by atoms with van der Waals surface area (Å²) in [6.45, 7) is 0. The van der Waals surface area contributed by atoms with Crippen LogP contribution < -0.4 is 4.72 Å². The van der Waals surface area contributed by atoms with Gasteiger partial charge in [0.1, 0.15) is 0 Å². The van der Waals surface area contributed by atoms with Crippen LogP contribution in [-0.4, -0.2) is 23.3 Å². The Hall–Kier alpha value is -2.49. The number of nitro benzene ring substituents is 1. The number of rotatable bonds is 4. The predicted molar refractivity (Wildman–Crippen MR) is 62.5 cm³/mol. The molecule has 0 atom stereocenters. The molecule has 2 N–H and O–H groups in total. The average molecular weight is 286 g/mol. The standard InChI is InChI=1S/C9H7FN4O4S/c10-7-2-1-6(3-8(7)14(15)16)13-19(17,18)9-4-11-5-12-9/h1-5,13H,(H,11,12). The van der Waals surface area contributed by atoms with E-state index in [-0.39, 0.29) is 10.7 Å². The molecule has 0 aliphatic rings.